The molecule has 0 aromatic carbocycles. The zero-order valence-corrected chi connectivity index (χ0v) is 20.3. The number of sulfonamides is 1. The SMILES string of the molecule is C=C1CCC2[C@H](CNS(C)(=O)=O)C([C@@]3(C)CC[C@H](C)C[C@@H]3COC(C)=O)CC[C@]12C. The van der Waals surface area contributed by atoms with Gasteiger partial charge >= 0.3 is 5.97 Å². The smallest absolute Gasteiger partial charge is 0.302 e. The van der Waals surface area contributed by atoms with Crippen LogP contribution in [0.3, 0.4) is 0 Å². The Kier molecular flexibility index (Phi) is 6.79. The summed E-state index contributed by atoms with van der Waals surface area (Å²) < 4.78 is 32.3. The molecule has 0 aliphatic heterocycles. The minimum atomic E-state index is -3.25. The van der Waals surface area contributed by atoms with Crippen LogP contribution in [0, 0.1) is 40.4 Å². The minimum absolute atomic E-state index is 0.0526. The van der Waals surface area contributed by atoms with Crippen molar-refractivity contribution in [1.29, 1.82) is 0 Å². The summed E-state index contributed by atoms with van der Waals surface area (Å²) in [5, 5.41) is 0. The molecule has 0 heterocycles. The minimum Gasteiger partial charge on any atom is -0.466 e. The maximum Gasteiger partial charge on any atom is 0.302 e. The molecular formula is C24H41NO4S. The molecule has 0 aromatic rings. The van der Waals surface area contributed by atoms with E-state index in [2.05, 4.69) is 32.1 Å². The van der Waals surface area contributed by atoms with Crippen molar-refractivity contribution in [3.63, 3.8) is 0 Å². The average molecular weight is 440 g/mol. The van der Waals surface area contributed by atoms with Gasteiger partial charge in [0, 0.05) is 13.5 Å². The number of fused-ring (bicyclic) bond motifs is 1. The van der Waals surface area contributed by atoms with E-state index in [-0.39, 0.29) is 22.7 Å². The van der Waals surface area contributed by atoms with Crippen molar-refractivity contribution in [2.24, 2.45) is 40.4 Å². The summed E-state index contributed by atoms with van der Waals surface area (Å²) in [7, 11) is -3.25. The molecule has 2 unspecified atom stereocenters. The molecule has 3 saturated carbocycles. The molecule has 0 saturated heterocycles. The molecule has 0 bridgehead atoms. The highest BCUT2D eigenvalue weighted by Crippen LogP contribution is 2.63. The van der Waals surface area contributed by atoms with Crippen molar-refractivity contribution in [3.05, 3.63) is 12.2 Å². The molecule has 3 aliphatic carbocycles. The van der Waals surface area contributed by atoms with Crippen LogP contribution in [0.4, 0.5) is 0 Å². The molecule has 172 valence electrons. The summed E-state index contributed by atoms with van der Waals surface area (Å²) in [6.45, 7) is 13.9. The molecule has 3 aliphatic rings. The van der Waals surface area contributed by atoms with Gasteiger partial charge in [-0.25, -0.2) is 13.1 Å². The number of allylic oxidation sites excluding steroid dienone is 1. The summed E-state index contributed by atoms with van der Waals surface area (Å²) >= 11 is 0. The van der Waals surface area contributed by atoms with E-state index in [4.69, 9.17) is 4.74 Å². The van der Waals surface area contributed by atoms with Gasteiger partial charge in [0.15, 0.2) is 0 Å². The highest BCUT2D eigenvalue weighted by atomic mass is 32.2. The first-order valence-electron chi connectivity index (χ1n) is 11.6. The first-order chi connectivity index (χ1) is 13.9. The third-order valence-electron chi connectivity index (χ3n) is 9.10. The van der Waals surface area contributed by atoms with E-state index in [0.717, 1.165) is 38.5 Å². The second kappa shape index (κ2) is 8.57. The molecule has 1 N–H and O–H groups in total. The van der Waals surface area contributed by atoms with Crippen molar-refractivity contribution >= 4 is 16.0 Å². The Labute approximate surface area is 183 Å². The summed E-state index contributed by atoms with van der Waals surface area (Å²) in [6.07, 6.45) is 8.99. The van der Waals surface area contributed by atoms with E-state index in [1.54, 1.807) is 0 Å². The predicted octanol–water partition coefficient (Wildman–Crippen LogP) is 4.54. The summed E-state index contributed by atoms with van der Waals surface area (Å²) in [5.41, 5.74) is 1.51. The van der Waals surface area contributed by atoms with Gasteiger partial charge in [0.2, 0.25) is 10.0 Å². The first kappa shape index (κ1) is 23.8. The van der Waals surface area contributed by atoms with Crippen LogP contribution in [0.1, 0.15) is 72.6 Å². The van der Waals surface area contributed by atoms with E-state index in [0.29, 0.717) is 36.8 Å². The summed E-state index contributed by atoms with van der Waals surface area (Å²) in [5.74, 6) is 1.91. The van der Waals surface area contributed by atoms with Gasteiger partial charge in [0.05, 0.1) is 12.9 Å². The van der Waals surface area contributed by atoms with Gasteiger partial charge in [0.1, 0.15) is 0 Å². The number of hydrogen-bond donors (Lipinski definition) is 1. The van der Waals surface area contributed by atoms with E-state index >= 15 is 0 Å². The Hall–Kier alpha value is -0.880. The standard InChI is InChI=1S/C24H41NO4S/c1-16-9-11-24(5,19(13-16)15-29-18(3)26)22-10-12-23(4)17(2)7-8-21(23)20(22)14-25-30(6,27)28/h16,19-22,25H,2,7-15H2,1,3-6H3/t16-,19+,20-,21?,22?,23+,24-/m0/s1. The Morgan fingerprint density at radius 1 is 1.20 bits per heavy atom. The Bertz CT molecular complexity index is 778. The van der Waals surface area contributed by atoms with Gasteiger partial charge in [-0.05, 0) is 78.9 Å². The number of ether oxygens (including phenoxy) is 1. The largest absolute Gasteiger partial charge is 0.466 e. The molecule has 3 fully saturated rings. The Morgan fingerprint density at radius 2 is 1.90 bits per heavy atom. The topological polar surface area (TPSA) is 72.5 Å². The molecule has 7 atom stereocenters. The molecule has 0 spiro atoms. The van der Waals surface area contributed by atoms with Crippen molar-refractivity contribution in [3.8, 4) is 0 Å². The normalized spacial score (nSPS) is 42.0. The van der Waals surface area contributed by atoms with Crippen LogP contribution in [0.25, 0.3) is 0 Å². The van der Waals surface area contributed by atoms with E-state index in [1.165, 1.54) is 25.2 Å². The van der Waals surface area contributed by atoms with Gasteiger partial charge in [-0.15, -0.1) is 0 Å². The summed E-state index contributed by atoms with van der Waals surface area (Å²) in [4.78, 5) is 11.6. The van der Waals surface area contributed by atoms with Crippen molar-refractivity contribution in [2.75, 3.05) is 19.4 Å². The molecule has 30 heavy (non-hydrogen) atoms. The monoisotopic (exact) mass is 439 g/mol. The van der Waals surface area contributed by atoms with Crippen LogP contribution >= 0.6 is 0 Å². The van der Waals surface area contributed by atoms with Gasteiger partial charge in [0.25, 0.3) is 0 Å². The summed E-state index contributed by atoms with van der Waals surface area (Å²) in [6, 6.07) is 0. The first-order valence-corrected chi connectivity index (χ1v) is 13.5. The second-order valence-corrected chi connectivity index (χ2v) is 12.8. The number of esters is 1. The quantitative estimate of drug-likeness (QED) is 0.487. The van der Waals surface area contributed by atoms with Gasteiger partial charge in [-0.3, -0.25) is 4.79 Å². The molecule has 5 nitrogen and oxygen atoms in total. The van der Waals surface area contributed by atoms with Crippen molar-refractivity contribution in [2.45, 2.75) is 72.6 Å². The van der Waals surface area contributed by atoms with Crippen LogP contribution in [0.15, 0.2) is 12.2 Å². The van der Waals surface area contributed by atoms with Crippen molar-refractivity contribution < 1.29 is 17.9 Å². The lowest BCUT2D eigenvalue weighted by Gasteiger charge is -2.57. The third kappa shape index (κ3) is 4.64. The average Bonchev–Trinajstić information content (AvgIpc) is 2.95. The van der Waals surface area contributed by atoms with Crippen molar-refractivity contribution in [1.82, 2.24) is 4.72 Å². The number of rotatable bonds is 6. The molecule has 0 aromatic heterocycles. The van der Waals surface area contributed by atoms with Gasteiger partial charge in [-0.2, -0.15) is 0 Å². The lowest BCUT2D eigenvalue weighted by molar-refractivity contribution is -0.148. The number of carbonyl (C=O) groups excluding carboxylic acids is 1. The van der Waals surface area contributed by atoms with Crippen LogP contribution in [-0.2, 0) is 19.6 Å². The molecular weight excluding hydrogens is 398 g/mol. The Balaban J connectivity index is 1.93. The maximum absolute atomic E-state index is 12.0. The second-order valence-electron chi connectivity index (χ2n) is 11.0. The van der Waals surface area contributed by atoms with E-state index < -0.39 is 10.0 Å². The van der Waals surface area contributed by atoms with E-state index in [1.807, 2.05) is 0 Å². The van der Waals surface area contributed by atoms with Crippen LogP contribution in [0.2, 0.25) is 0 Å². The number of nitrogens with one attached hydrogen (secondary N) is 1. The highest BCUT2D eigenvalue weighted by molar-refractivity contribution is 7.88. The van der Waals surface area contributed by atoms with Gasteiger partial charge < -0.3 is 4.74 Å². The van der Waals surface area contributed by atoms with Crippen LogP contribution < -0.4 is 4.72 Å². The van der Waals surface area contributed by atoms with E-state index in [9.17, 15) is 13.2 Å². The molecule has 3 rings (SSSR count). The highest BCUT2D eigenvalue weighted by Gasteiger charge is 2.56. The lowest BCUT2D eigenvalue weighted by Crippen LogP contribution is -2.53. The maximum atomic E-state index is 12.0. The molecule has 0 amide bonds. The fourth-order valence-corrected chi connectivity index (χ4v) is 7.64. The Morgan fingerprint density at radius 3 is 2.53 bits per heavy atom. The predicted molar refractivity (Wildman–Crippen MR) is 120 cm³/mol. The molecule has 6 heteroatoms. The van der Waals surface area contributed by atoms with Crippen LogP contribution in [0.5, 0.6) is 0 Å². The lowest BCUT2D eigenvalue weighted by atomic mass is 9.49. The number of carbonyl (C=O) groups is 1. The number of hydrogen-bond acceptors (Lipinski definition) is 4. The van der Waals surface area contributed by atoms with Gasteiger partial charge in [-0.1, -0.05) is 39.3 Å². The zero-order chi connectivity index (χ0) is 22.3. The fourth-order valence-electron chi connectivity index (χ4n) is 7.14. The molecule has 0 radical (unpaired) electrons. The zero-order valence-electron chi connectivity index (χ0n) is 19.5. The van der Waals surface area contributed by atoms with Crippen LogP contribution in [-0.4, -0.2) is 33.8 Å². The fraction of sp³-hybridized carbons (Fsp3) is 0.875. The third-order valence-corrected chi connectivity index (χ3v) is 9.79.